The highest BCUT2D eigenvalue weighted by Crippen LogP contribution is 2.42. The quantitative estimate of drug-likeness (QED) is 0.904. The lowest BCUT2D eigenvalue weighted by Gasteiger charge is -2.39. The monoisotopic (exact) mass is 346 g/mol. The first-order valence-corrected chi connectivity index (χ1v) is 8.22. The predicted molar refractivity (Wildman–Crippen MR) is 87.2 cm³/mol. The van der Waals surface area contributed by atoms with E-state index in [0.29, 0.717) is 25.2 Å². The van der Waals surface area contributed by atoms with Gasteiger partial charge >= 0.3 is 6.18 Å². The molecule has 4 rings (SSSR count). The van der Waals surface area contributed by atoms with Gasteiger partial charge in [0.1, 0.15) is 0 Å². The minimum absolute atomic E-state index is 0.112. The van der Waals surface area contributed by atoms with Crippen LogP contribution < -0.4 is 5.32 Å². The van der Waals surface area contributed by atoms with Crippen LogP contribution in [0.3, 0.4) is 0 Å². The zero-order valence-electron chi connectivity index (χ0n) is 13.4. The van der Waals surface area contributed by atoms with Gasteiger partial charge in [-0.25, -0.2) is 0 Å². The molecule has 2 atom stereocenters. The summed E-state index contributed by atoms with van der Waals surface area (Å²) in [7, 11) is 0. The Morgan fingerprint density at radius 3 is 2.52 bits per heavy atom. The standard InChI is InChI=1S/C19H17F3N2O/c20-19(21,22)15-8-4-7-13-14-9-23-10-16(14)24(18(25)17(13)15)11-12-5-2-1-3-6-12/h1-8,14,16,23H,9-11H2/t14-,16+/m1/s1. The molecule has 3 nitrogen and oxygen atoms in total. The second kappa shape index (κ2) is 5.88. The van der Waals surface area contributed by atoms with Crippen LogP contribution in [0.15, 0.2) is 48.5 Å². The summed E-state index contributed by atoms with van der Waals surface area (Å²) < 4.78 is 40.4. The van der Waals surface area contributed by atoms with Crippen molar-refractivity contribution in [2.45, 2.75) is 24.7 Å². The van der Waals surface area contributed by atoms with Gasteiger partial charge < -0.3 is 10.2 Å². The molecule has 2 aliphatic heterocycles. The van der Waals surface area contributed by atoms with E-state index in [2.05, 4.69) is 5.32 Å². The molecule has 1 saturated heterocycles. The van der Waals surface area contributed by atoms with Crippen molar-refractivity contribution < 1.29 is 18.0 Å². The number of rotatable bonds is 2. The van der Waals surface area contributed by atoms with Crippen LogP contribution in [-0.2, 0) is 12.7 Å². The van der Waals surface area contributed by atoms with Crippen molar-refractivity contribution in [2.75, 3.05) is 13.1 Å². The first-order chi connectivity index (χ1) is 12.0. The number of alkyl halides is 3. The van der Waals surface area contributed by atoms with E-state index in [4.69, 9.17) is 0 Å². The van der Waals surface area contributed by atoms with E-state index in [-0.39, 0.29) is 17.5 Å². The average Bonchev–Trinajstić information content (AvgIpc) is 3.08. The summed E-state index contributed by atoms with van der Waals surface area (Å²) >= 11 is 0. The highest BCUT2D eigenvalue weighted by molar-refractivity contribution is 5.99. The molecule has 0 unspecified atom stereocenters. The lowest BCUT2D eigenvalue weighted by atomic mass is 9.82. The number of hydrogen-bond acceptors (Lipinski definition) is 2. The lowest BCUT2D eigenvalue weighted by Crippen LogP contribution is -2.48. The number of nitrogens with zero attached hydrogens (tertiary/aromatic N) is 1. The van der Waals surface area contributed by atoms with Gasteiger partial charge in [0.2, 0.25) is 0 Å². The van der Waals surface area contributed by atoms with Gasteiger partial charge in [-0.05, 0) is 17.2 Å². The molecule has 0 spiro atoms. The number of nitrogens with one attached hydrogen (secondary N) is 1. The van der Waals surface area contributed by atoms with Gasteiger partial charge in [0.05, 0.1) is 17.2 Å². The van der Waals surface area contributed by atoms with Gasteiger partial charge in [-0.2, -0.15) is 13.2 Å². The first-order valence-electron chi connectivity index (χ1n) is 8.22. The van der Waals surface area contributed by atoms with E-state index in [1.165, 1.54) is 6.07 Å². The van der Waals surface area contributed by atoms with Crippen LogP contribution in [-0.4, -0.2) is 29.9 Å². The zero-order chi connectivity index (χ0) is 17.6. The van der Waals surface area contributed by atoms with E-state index in [1.54, 1.807) is 11.0 Å². The molecule has 130 valence electrons. The van der Waals surface area contributed by atoms with Crippen molar-refractivity contribution in [3.63, 3.8) is 0 Å². The van der Waals surface area contributed by atoms with Crippen molar-refractivity contribution in [1.29, 1.82) is 0 Å². The third kappa shape index (κ3) is 2.70. The van der Waals surface area contributed by atoms with Gasteiger partial charge in [-0.3, -0.25) is 4.79 Å². The molecule has 0 saturated carbocycles. The lowest BCUT2D eigenvalue weighted by molar-refractivity contribution is -0.138. The van der Waals surface area contributed by atoms with Crippen molar-refractivity contribution in [3.8, 4) is 0 Å². The third-order valence-corrected chi connectivity index (χ3v) is 5.05. The smallest absolute Gasteiger partial charge is 0.329 e. The molecule has 0 bridgehead atoms. The van der Waals surface area contributed by atoms with Gasteiger partial charge in [0, 0.05) is 25.6 Å². The molecule has 2 aliphatic rings. The Morgan fingerprint density at radius 2 is 1.80 bits per heavy atom. The number of amides is 1. The van der Waals surface area contributed by atoms with Crippen molar-refractivity contribution in [2.24, 2.45) is 0 Å². The summed E-state index contributed by atoms with van der Waals surface area (Å²) in [5.74, 6) is -0.643. The fraction of sp³-hybridized carbons (Fsp3) is 0.316. The van der Waals surface area contributed by atoms with Crippen LogP contribution in [0.1, 0.15) is 33.0 Å². The SMILES string of the molecule is O=C1c2c(cccc2C(F)(F)F)[C@H]2CNC[C@@H]2N1Cc1ccccc1. The van der Waals surface area contributed by atoms with Gasteiger partial charge in [-0.15, -0.1) is 0 Å². The molecule has 0 aromatic heterocycles. The van der Waals surface area contributed by atoms with Crippen LogP contribution in [0, 0.1) is 0 Å². The van der Waals surface area contributed by atoms with Crippen LogP contribution in [0.5, 0.6) is 0 Å². The van der Waals surface area contributed by atoms with E-state index < -0.39 is 17.6 Å². The molecule has 25 heavy (non-hydrogen) atoms. The number of hydrogen-bond donors (Lipinski definition) is 1. The van der Waals surface area contributed by atoms with Crippen LogP contribution in [0.2, 0.25) is 0 Å². The number of benzene rings is 2. The molecule has 2 heterocycles. The molecule has 1 N–H and O–H groups in total. The topological polar surface area (TPSA) is 32.3 Å². The van der Waals surface area contributed by atoms with E-state index in [9.17, 15) is 18.0 Å². The van der Waals surface area contributed by atoms with Gasteiger partial charge in [-0.1, -0.05) is 42.5 Å². The average molecular weight is 346 g/mol. The molecule has 2 aromatic rings. The Kier molecular flexibility index (Phi) is 3.80. The van der Waals surface area contributed by atoms with Crippen LogP contribution >= 0.6 is 0 Å². The number of fused-ring (bicyclic) bond motifs is 3. The third-order valence-electron chi connectivity index (χ3n) is 5.05. The van der Waals surface area contributed by atoms with Crippen molar-refractivity contribution >= 4 is 5.91 Å². The highest BCUT2D eigenvalue weighted by Gasteiger charge is 2.46. The van der Waals surface area contributed by atoms with Gasteiger partial charge in [0.15, 0.2) is 0 Å². The summed E-state index contributed by atoms with van der Waals surface area (Å²) in [5.41, 5.74) is 0.405. The Labute approximate surface area is 143 Å². The molecule has 0 aliphatic carbocycles. The number of carbonyl (C=O) groups is 1. The summed E-state index contributed by atoms with van der Waals surface area (Å²) in [5, 5.41) is 3.22. The molecule has 2 aromatic carbocycles. The highest BCUT2D eigenvalue weighted by atomic mass is 19.4. The van der Waals surface area contributed by atoms with Crippen LogP contribution in [0.25, 0.3) is 0 Å². The molecular weight excluding hydrogens is 329 g/mol. The minimum atomic E-state index is -4.54. The van der Waals surface area contributed by atoms with E-state index >= 15 is 0 Å². The first kappa shape index (κ1) is 16.1. The molecule has 1 amide bonds. The fourth-order valence-corrected chi connectivity index (χ4v) is 3.93. The maximum atomic E-state index is 13.5. The number of halogens is 3. The summed E-state index contributed by atoms with van der Waals surface area (Å²) in [4.78, 5) is 14.6. The Morgan fingerprint density at radius 1 is 1.04 bits per heavy atom. The predicted octanol–water partition coefficient (Wildman–Crippen LogP) is 3.42. The van der Waals surface area contributed by atoms with E-state index in [0.717, 1.165) is 11.6 Å². The Bertz CT molecular complexity index is 804. The Hall–Kier alpha value is -2.34. The summed E-state index contributed by atoms with van der Waals surface area (Å²) in [6, 6.07) is 13.3. The largest absolute Gasteiger partial charge is 0.417 e. The Balaban J connectivity index is 1.81. The second-order valence-corrected chi connectivity index (χ2v) is 6.52. The molecule has 0 radical (unpaired) electrons. The summed E-state index contributed by atoms with van der Waals surface area (Å²) in [6.07, 6.45) is -4.54. The maximum Gasteiger partial charge on any atom is 0.417 e. The van der Waals surface area contributed by atoms with E-state index in [1.807, 2.05) is 30.3 Å². The summed E-state index contributed by atoms with van der Waals surface area (Å²) in [6.45, 7) is 1.49. The van der Waals surface area contributed by atoms with Gasteiger partial charge in [0.25, 0.3) is 5.91 Å². The minimum Gasteiger partial charge on any atom is -0.329 e. The fourth-order valence-electron chi connectivity index (χ4n) is 3.93. The van der Waals surface area contributed by atoms with Crippen LogP contribution in [0.4, 0.5) is 13.2 Å². The molecule has 1 fully saturated rings. The second-order valence-electron chi connectivity index (χ2n) is 6.52. The normalized spacial score (nSPS) is 22.7. The van der Waals surface area contributed by atoms with Crippen molar-refractivity contribution in [3.05, 3.63) is 70.8 Å². The molecule has 6 heteroatoms. The number of carbonyl (C=O) groups excluding carboxylic acids is 1. The zero-order valence-corrected chi connectivity index (χ0v) is 13.4. The van der Waals surface area contributed by atoms with Crippen molar-refractivity contribution in [1.82, 2.24) is 10.2 Å². The maximum absolute atomic E-state index is 13.5. The molecular formula is C19H17F3N2O.